The number of aromatic nitrogens is 2. The monoisotopic (exact) mass is 436 g/mol. The van der Waals surface area contributed by atoms with Gasteiger partial charge in [0.1, 0.15) is 11.6 Å². The average molecular weight is 437 g/mol. The smallest absolute Gasteiger partial charge is 0.246 e. The summed E-state index contributed by atoms with van der Waals surface area (Å²) in [6.45, 7) is 0.209. The molecular formula is C17H14BrFN4O2S. The summed E-state index contributed by atoms with van der Waals surface area (Å²) in [7, 11) is 1.59. The van der Waals surface area contributed by atoms with Crippen LogP contribution in [0.25, 0.3) is 11.4 Å². The van der Waals surface area contributed by atoms with E-state index in [1.165, 1.54) is 6.07 Å². The van der Waals surface area contributed by atoms with Crippen molar-refractivity contribution < 1.29 is 13.7 Å². The first-order valence-electron chi connectivity index (χ1n) is 7.52. The number of rotatable bonds is 5. The van der Waals surface area contributed by atoms with E-state index in [0.29, 0.717) is 21.9 Å². The zero-order chi connectivity index (χ0) is 18.5. The molecule has 0 atom stereocenters. The molecule has 0 unspecified atom stereocenters. The number of halogens is 2. The van der Waals surface area contributed by atoms with E-state index in [2.05, 4.69) is 36.7 Å². The molecule has 0 saturated carbocycles. The Labute approximate surface area is 162 Å². The number of benzene rings is 2. The first-order valence-corrected chi connectivity index (χ1v) is 8.72. The fraction of sp³-hybridized carbons (Fsp3) is 0.118. The zero-order valence-corrected chi connectivity index (χ0v) is 16.0. The van der Waals surface area contributed by atoms with Crippen molar-refractivity contribution in [3.63, 3.8) is 0 Å². The molecular weight excluding hydrogens is 423 g/mol. The van der Waals surface area contributed by atoms with E-state index in [4.69, 9.17) is 21.5 Å². The van der Waals surface area contributed by atoms with E-state index in [1.54, 1.807) is 19.2 Å². The number of nitrogens with one attached hydrogen (secondary N) is 2. The summed E-state index contributed by atoms with van der Waals surface area (Å²) in [4.78, 5) is 4.30. The maximum Gasteiger partial charge on any atom is 0.246 e. The lowest BCUT2D eigenvalue weighted by molar-refractivity contribution is 0.376. The molecule has 6 nitrogen and oxygen atoms in total. The molecule has 2 N–H and O–H groups in total. The molecule has 0 fully saturated rings. The number of methoxy groups -OCH3 is 1. The Balaban J connectivity index is 1.60. The third-order valence-corrected chi connectivity index (χ3v) is 4.12. The summed E-state index contributed by atoms with van der Waals surface area (Å²) in [5, 5.41) is 9.86. The highest BCUT2D eigenvalue weighted by atomic mass is 79.9. The lowest BCUT2D eigenvalue weighted by Crippen LogP contribution is -2.28. The van der Waals surface area contributed by atoms with E-state index < -0.39 is 5.82 Å². The van der Waals surface area contributed by atoms with Crippen LogP contribution < -0.4 is 15.4 Å². The van der Waals surface area contributed by atoms with Crippen molar-refractivity contribution in [1.82, 2.24) is 15.5 Å². The number of thiocarbonyl (C=S) groups is 1. The van der Waals surface area contributed by atoms with Crippen LogP contribution >= 0.6 is 28.1 Å². The summed E-state index contributed by atoms with van der Waals surface area (Å²) >= 11 is 8.36. The number of hydrogen-bond acceptors (Lipinski definition) is 5. The lowest BCUT2D eigenvalue weighted by atomic mass is 10.2. The molecule has 26 heavy (non-hydrogen) atoms. The van der Waals surface area contributed by atoms with Crippen LogP contribution in [0.2, 0.25) is 0 Å². The summed E-state index contributed by atoms with van der Waals surface area (Å²) in [5.41, 5.74) is 1.05. The van der Waals surface area contributed by atoms with Crippen molar-refractivity contribution >= 4 is 38.9 Å². The van der Waals surface area contributed by atoms with E-state index in [9.17, 15) is 4.39 Å². The molecule has 0 bridgehead atoms. The van der Waals surface area contributed by atoms with Crippen LogP contribution in [0.15, 0.2) is 51.5 Å². The summed E-state index contributed by atoms with van der Waals surface area (Å²) in [6.07, 6.45) is 0. The van der Waals surface area contributed by atoms with Crippen molar-refractivity contribution in [2.24, 2.45) is 0 Å². The Kier molecular flexibility index (Phi) is 5.79. The minimum atomic E-state index is -0.415. The van der Waals surface area contributed by atoms with Crippen LogP contribution in [0.1, 0.15) is 5.89 Å². The van der Waals surface area contributed by atoms with Crippen LogP contribution in [-0.2, 0) is 6.54 Å². The van der Waals surface area contributed by atoms with E-state index in [1.807, 2.05) is 24.3 Å². The molecule has 3 rings (SSSR count). The van der Waals surface area contributed by atoms with Gasteiger partial charge in [-0.3, -0.25) is 0 Å². The highest BCUT2D eigenvalue weighted by Gasteiger charge is 2.10. The second-order valence-corrected chi connectivity index (χ2v) is 6.50. The molecule has 1 heterocycles. The number of ether oxygens (including phenoxy) is 1. The first kappa shape index (κ1) is 18.3. The molecule has 0 aliphatic rings. The summed E-state index contributed by atoms with van der Waals surface area (Å²) in [5.74, 6) is 1.08. The normalized spacial score (nSPS) is 10.4. The average Bonchev–Trinajstić information content (AvgIpc) is 3.11. The minimum absolute atomic E-state index is 0.209. The molecule has 3 aromatic rings. The van der Waals surface area contributed by atoms with Gasteiger partial charge in [-0.2, -0.15) is 4.98 Å². The fourth-order valence-electron chi connectivity index (χ4n) is 2.12. The predicted molar refractivity (Wildman–Crippen MR) is 103 cm³/mol. The van der Waals surface area contributed by atoms with Crippen molar-refractivity contribution in [2.45, 2.75) is 6.54 Å². The van der Waals surface area contributed by atoms with Crippen molar-refractivity contribution in [3.05, 3.63) is 58.6 Å². The molecule has 0 aliphatic heterocycles. The molecule has 0 saturated heterocycles. The van der Waals surface area contributed by atoms with Gasteiger partial charge in [0.25, 0.3) is 0 Å². The van der Waals surface area contributed by atoms with Gasteiger partial charge in [-0.05, 0) is 42.5 Å². The van der Waals surface area contributed by atoms with E-state index in [-0.39, 0.29) is 17.3 Å². The van der Waals surface area contributed by atoms with Crippen molar-refractivity contribution in [3.8, 4) is 17.1 Å². The SMILES string of the molecule is COc1cccc(-c2noc(CNC(=S)Nc3ccc(Br)cc3F)n2)c1. The third kappa shape index (κ3) is 4.55. The second-order valence-electron chi connectivity index (χ2n) is 5.18. The Morgan fingerprint density at radius 3 is 2.92 bits per heavy atom. The Morgan fingerprint density at radius 2 is 2.15 bits per heavy atom. The van der Waals surface area contributed by atoms with Crippen LogP contribution in [0.4, 0.5) is 10.1 Å². The van der Waals surface area contributed by atoms with Gasteiger partial charge in [0, 0.05) is 10.0 Å². The summed E-state index contributed by atoms with van der Waals surface area (Å²) < 4.78 is 24.8. The number of anilines is 1. The molecule has 134 valence electrons. The van der Waals surface area contributed by atoms with Gasteiger partial charge >= 0.3 is 0 Å². The molecule has 1 aromatic heterocycles. The van der Waals surface area contributed by atoms with Gasteiger partial charge in [0.15, 0.2) is 5.11 Å². The van der Waals surface area contributed by atoms with Gasteiger partial charge in [-0.15, -0.1) is 0 Å². The molecule has 0 amide bonds. The van der Waals surface area contributed by atoms with E-state index in [0.717, 1.165) is 5.56 Å². The predicted octanol–water partition coefficient (Wildman–Crippen LogP) is 4.13. The van der Waals surface area contributed by atoms with Crippen LogP contribution in [0.5, 0.6) is 5.75 Å². The fourth-order valence-corrected chi connectivity index (χ4v) is 2.63. The van der Waals surface area contributed by atoms with Crippen LogP contribution in [0, 0.1) is 5.82 Å². The van der Waals surface area contributed by atoms with E-state index >= 15 is 0 Å². The highest BCUT2D eigenvalue weighted by molar-refractivity contribution is 9.10. The maximum absolute atomic E-state index is 13.8. The Hall–Kier alpha value is -2.52. The Morgan fingerprint density at radius 1 is 1.31 bits per heavy atom. The van der Waals surface area contributed by atoms with Gasteiger partial charge in [-0.1, -0.05) is 33.2 Å². The largest absolute Gasteiger partial charge is 0.497 e. The molecule has 0 radical (unpaired) electrons. The minimum Gasteiger partial charge on any atom is -0.497 e. The number of hydrogen-bond donors (Lipinski definition) is 2. The standard InChI is InChI=1S/C17H14BrFN4O2S/c1-24-12-4-2-3-10(7-12)16-22-15(25-23-16)9-20-17(26)21-14-6-5-11(18)8-13(14)19/h2-8H,9H2,1H3,(H2,20,21,26). The van der Waals surface area contributed by atoms with Gasteiger partial charge in [-0.25, -0.2) is 4.39 Å². The maximum atomic E-state index is 13.8. The number of nitrogens with zero attached hydrogens (tertiary/aromatic N) is 2. The van der Waals surface area contributed by atoms with Crippen LogP contribution in [-0.4, -0.2) is 22.4 Å². The molecule has 0 aliphatic carbocycles. The quantitative estimate of drug-likeness (QED) is 0.582. The lowest BCUT2D eigenvalue weighted by Gasteiger charge is -2.09. The van der Waals surface area contributed by atoms with Gasteiger partial charge in [0.05, 0.1) is 19.3 Å². The van der Waals surface area contributed by atoms with Crippen molar-refractivity contribution in [1.29, 1.82) is 0 Å². The molecule has 9 heteroatoms. The van der Waals surface area contributed by atoms with Gasteiger partial charge in [0.2, 0.25) is 11.7 Å². The van der Waals surface area contributed by atoms with Crippen molar-refractivity contribution in [2.75, 3.05) is 12.4 Å². The molecule has 2 aromatic carbocycles. The van der Waals surface area contributed by atoms with Crippen LogP contribution in [0.3, 0.4) is 0 Å². The van der Waals surface area contributed by atoms with Gasteiger partial charge < -0.3 is 19.9 Å². The second kappa shape index (κ2) is 8.24. The topological polar surface area (TPSA) is 72.2 Å². The zero-order valence-electron chi connectivity index (χ0n) is 13.6. The highest BCUT2D eigenvalue weighted by Crippen LogP contribution is 2.21. The Bertz CT molecular complexity index is 935. The molecule has 0 spiro atoms. The summed E-state index contributed by atoms with van der Waals surface area (Å²) in [6, 6.07) is 12.0. The first-order chi connectivity index (χ1) is 12.5. The third-order valence-electron chi connectivity index (χ3n) is 3.38.